The summed E-state index contributed by atoms with van der Waals surface area (Å²) in [6.45, 7) is 14.5. The first-order chi connectivity index (χ1) is 19.4. The molecule has 0 bridgehead atoms. The molecule has 1 aromatic rings. The number of aliphatic hydroxyl groups excluding tert-OH is 1. The molecule has 6 unspecified atom stereocenters. The topological polar surface area (TPSA) is 38.7 Å². The molecule has 0 amide bonds. The quantitative estimate of drug-likeness (QED) is 0.144. The van der Waals surface area contributed by atoms with Gasteiger partial charge in [0, 0.05) is 0 Å². The van der Waals surface area contributed by atoms with Gasteiger partial charge in [0.15, 0.2) is 0 Å². The molecule has 3 saturated carbocycles. The zero-order valence-electron chi connectivity index (χ0n) is 26.3. The predicted molar refractivity (Wildman–Crippen MR) is 167 cm³/mol. The monoisotopic (exact) mass is 548 g/mol. The number of aliphatic hydroxyl groups is 1. The van der Waals surface area contributed by atoms with Gasteiger partial charge in [-0.1, -0.05) is 57.6 Å². The number of benzene rings is 1. The molecule has 3 nitrogen and oxygen atoms in total. The summed E-state index contributed by atoms with van der Waals surface area (Å²) in [5, 5.41) is 10.3. The van der Waals surface area contributed by atoms with Crippen LogP contribution < -0.4 is 4.74 Å². The Balaban J connectivity index is 0.00000181. The summed E-state index contributed by atoms with van der Waals surface area (Å²) in [4.78, 5) is 0. The molecule has 0 heterocycles. The molecule has 4 aliphatic carbocycles. The largest absolute Gasteiger partial charge is 0.494 e. The number of allylic oxidation sites excluding steroid dienone is 4. The van der Waals surface area contributed by atoms with Crippen molar-refractivity contribution < 1.29 is 14.6 Å². The Kier molecular flexibility index (Phi) is 10.7. The van der Waals surface area contributed by atoms with Crippen LogP contribution in [0.5, 0.6) is 5.75 Å². The van der Waals surface area contributed by atoms with E-state index in [4.69, 9.17) is 9.47 Å². The highest BCUT2D eigenvalue weighted by Crippen LogP contribution is 2.66. The number of fused-ring (bicyclic) bond motifs is 5. The average Bonchev–Trinajstić information content (AvgIpc) is 3.31. The second-order valence-electron chi connectivity index (χ2n) is 13.1. The van der Waals surface area contributed by atoms with Crippen LogP contribution in [0.15, 0.2) is 59.9 Å². The summed E-state index contributed by atoms with van der Waals surface area (Å²) >= 11 is 0. The maximum atomic E-state index is 10.3. The molecule has 0 radical (unpaired) electrons. The van der Waals surface area contributed by atoms with E-state index in [1.165, 1.54) is 44.9 Å². The molecular formula is C37H56O3. The molecule has 4 aliphatic rings. The highest BCUT2D eigenvalue weighted by atomic mass is 16.5. The fourth-order valence-electron chi connectivity index (χ4n) is 9.03. The van der Waals surface area contributed by atoms with E-state index in [1.54, 1.807) is 5.57 Å². The van der Waals surface area contributed by atoms with Gasteiger partial charge >= 0.3 is 0 Å². The van der Waals surface area contributed by atoms with Crippen molar-refractivity contribution in [3.63, 3.8) is 0 Å². The summed E-state index contributed by atoms with van der Waals surface area (Å²) in [6, 6.07) is 8.35. The normalized spacial score (nSPS) is 35.1. The van der Waals surface area contributed by atoms with Crippen LogP contribution in [0.1, 0.15) is 111 Å². The molecule has 5 rings (SSSR count). The Hall–Kier alpha value is -2.00. The molecule has 0 aromatic heterocycles. The summed E-state index contributed by atoms with van der Waals surface area (Å²) < 4.78 is 12.1. The lowest BCUT2D eigenvalue weighted by molar-refractivity contribution is -0.0510. The van der Waals surface area contributed by atoms with Crippen LogP contribution in [0.3, 0.4) is 0 Å². The Morgan fingerprint density at radius 2 is 1.88 bits per heavy atom. The van der Waals surface area contributed by atoms with Gasteiger partial charge in [-0.3, -0.25) is 0 Å². The van der Waals surface area contributed by atoms with E-state index >= 15 is 0 Å². The fraction of sp³-hybridized carbons (Fsp3) is 0.676. The van der Waals surface area contributed by atoms with E-state index < -0.39 is 0 Å². The van der Waals surface area contributed by atoms with Gasteiger partial charge in [0.25, 0.3) is 0 Å². The zero-order valence-corrected chi connectivity index (χ0v) is 26.3. The van der Waals surface area contributed by atoms with Crippen LogP contribution in [0.2, 0.25) is 0 Å². The fourth-order valence-corrected chi connectivity index (χ4v) is 9.03. The van der Waals surface area contributed by atoms with Crippen LogP contribution in [0.25, 0.3) is 0 Å². The Morgan fingerprint density at radius 3 is 2.65 bits per heavy atom. The Bertz CT molecular complexity index is 1050. The van der Waals surface area contributed by atoms with Crippen molar-refractivity contribution in [2.75, 3.05) is 6.61 Å². The third-order valence-corrected chi connectivity index (χ3v) is 11.2. The second kappa shape index (κ2) is 13.8. The molecule has 222 valence electrons. The predicted octanol–water partition coefficient (Wildman–Crippen LogP) is 9.81. The molecule has 3 heteroatoms. The van der Waals surface area contributed by atoms with E-state index in [0.717, 1.165) is 66.6 Å². The third-order valence-electron chi connectivity index (χ3n) is 11.2. The van der Waals surface area contributed by atoms with Gasteiger partial charge in [-0.2, -0.15) is 0 Å². The van der Waals surface area contributed by atoms with Crippen molar-refractivity contribution in [3.8, 4) is 5.75 Å². The van der Waals surface area contributed by atoms with Gasteiger partial charge in [-0.05, 0) is 142 Å². The van der Waals surface area contributed by atoms with Crippen molar-refractivity contribution in [1.29, 1.82) is 0 Å². The summed E-state index contributed by atoms with van der Waals surface area (Å²) in [6.07, 6.45) is 20.8. The molecule has 40 heavy (non-hydrogen) atoms. The minimum absolute atomic E-state index is 0.108. The smallest absolute Gasteiger partial charge is 0.119 e. The Labute approximate surface area is 245 Å². The van der Waals surface area contributed by atoms with Crippen molar-refractivity contribution >= 4 is 0 Å². The second-order valence-corrected chi connectivity index (χ2v) is 13.1. The molecule has 1 aromatic carbocycles. The van der Waals surface area contributed by atoms with Crippen molar-refractivity contribution in [3.05, 3.63) is 65.5 Å². The third kappa shape index (κ3) is 6.40. The van der Waals surface area contributed by atoms with Crippen LogP contribution >= 0.6 is 0 Å². The zero-order chi connectivity index (χ0) is 28.8. The van der Waals surface area contributed by atoms with Crippen LogP contribution in [0, 0.1) is 34.5 Å². The van der Waals surface area contributed by atoms with Gasteiger partial charge in [-0.15, -0.1) is 0 Å². The first-order valence-electron chi connectivity index (χ1n) is 16.4. The lowest BCUT2D eigenvalue weighted by Crippen LogP contribution is -2.50. The molecule has 0 aliphatic heterocycles. The van der Waals surface area contributed by atoms with Gasteiger partial charge in [-0.25, -0.2) is 0 Å². The standard InChI is InChI=1S/C35H50O3.C2H6/c1-5-9-29(6-2)38-24-25-10-7-12-30(22-25)37-21-8-11-26-14-16-32-31-15-13-27-23-28(36)17-19-35(27,4)33(31)18-20-34(26,32)3;1-2/h5-7,9-10,12-13,22,26,28,31-33,36H,8,11,14-21,23-24H2,1-4H3;1-2H3/b9-5-,29-6+;/t26?,28-,31?,32?,33?,34?,35?;/m0./s1. The lowest BCUT2D eigenvalue weighted by atomic mass is 9.47. The van der Waals surface area contributed by atoms with Gasteiger partial charge in [0.05, 0.1) is 12.7 Å². The van der Waals surface area contributed by atoms with Crippen molar-refractivity contribution in [2.24, 2.45) is 34.5 Å². The minimum atomic E-state index is -0.108. The maximum absolute atomic E-state index is 10.3. The SMILES string of the molecule is C/C=C\C(=C/C)OCc1cccc(OCCCC2CCC3C4CC=C5C[C@@H](O)CCC5(C)C4CCC23C)c1.CC. The summed E-state index contributed by atoms with van der Waals surface area (Å²) in [5.41, 5.74) is 3.56. The highest BCUT2D eigenvalue weighted by Gasteiger charge is 2.58. The van der Waals surface area contributed by atoms with E-state index in [1.807, 2.05) is 45.9 Å². The van der Waals surface area contributed by atoms with E-state index in [-0.39, 0.29) is 6.10 Å². The summed E-state index contributed by atoms with van der Waals surface area (Å²) in [5.74, 6) is 5.22. The first kappa shape index (κ1) is 30.9. The summed E-state index contributed by atoms with van der Waals surface area (Å²) in [7, 11) is 0. The molecule has 0 spiro atoms. The van der Waals surface area contributed by atoms with Crippen LogP contribution in [0.4, 0.5) is 0 Å². The minimum Gasteiger partial charge on any atom is -0.494 e. The van der Waals surface area contributed by atoms with E-state index in [9.17, 15) is 5.11 Å². The molecule has 1 N–H and O–H groups in total. The number of hydrogen-bond donors (Lipinski definition) is 1. The van der Waals surface area contributed by atoms with Gasteiger partial charge in [0.1, 0.15) is 18.1 Å². The number of ether oxygens (including phenoxy) is 2. The van der Waals surface area contributed by atoms with Gasteiger partial charge in [0.2, 0.25) is 0 Å². The first-order valence-corrected chi connectivity index (χ1v) is 16.4. The van der Waals surface area contributed by atoms with Gasteiger partial charge < -0.3 is 14.6 Å². The van der Waals surface area contributed by atoms with Crippen LogP contribution in [-0.4, -0.2) is 17.8 Å². The lowest BCUT2D eigenvalue weighted by Gasteiger charge is -2.58. The maximum Gasteiger partial charge on any atom is 0.119 e. The molecule has 0 saturated heterocycles. The average molecular weight is 549 g/mol. The highest BCUT2D eigenvalue weighted by molar-refractivity contribution is 5.28. The van der Waals surface area contributed by atoms with Crippen molar-refractivity contribution in [1.82, 2.24) is 0 Å². The number of hydrogen-bond acceptors (Lipinski definition) is 3. The Morgan fingerprint density at radius 1 is 1.05 bits per heavy atom. The molecular weight excluding hydrogens is 492 g/mol. The van der Waals surface area contributed by atoms with Crippen LogP contribution in [-0.2, 0) is 11.3 Å². The van der Waals surface area contributed by atoms with E-state index in [0.29, 0.717) is 17.4 Å². The van der Waals surface area contributed by atoms with E-state index in [2.05, 4.69) is 44.2 Å². The van der Waals surface area contributed by atoms with Crippen molar-refractivity contribution in [2.45, 2.75) is 118 Å². The molecule has 3 fully saturated rings. The number of rotatable bonds is 9. The molecule has 7 atom stereocenters.